The first-order valence-corrected chi connectivity index (χ1v) is 6.99. The summed E-state index contributed by atoms with van der Waals surface area (Å²) in [5.41, 5.74) is 2.19. The fraction of sp³-hybridized carbons (Fsp3) is 0.214. The summed E-state index contributed by atoms with van der Waals surface area (Å²) in [7, 11) is 0. The monoisotopic (exact) mass is 335 g/mol. The Morgan fingerprint density at radius 3 is 2.70 bits per heavy atom. The molecule has 0 spiro atoms. The largest absolute Gasteiger partial charge is 0.312 e. The van der Waals surface area contributed by atoms with Gasteiger partial charge < -0.3 is 5.32 Å². The minimum Gasteiger partial charge on any atom is -0.312 e. The third kappa shape index (κ3) is 3.85. The van der Waals surface area contributed by atoms with E-state index >= 15 is 0 Å². The molecule has 20 heavy (non-hydrogen) atoms. The molecular formula is C14H14BrN3O2. The fourth-order valence-electron chi connectivity index (χ4n) is 1.85. The highest BCUT2D eigenvalue weighted by molar-refractivity contribution is 9.10. The lowest BCUT2D eigenvalue weighted by molar-refractivity contribution is -0.385. The average Bonchev–Trinajstić information content (AvgIpc) is 2.46. The molecule has 2 aromatic rings. The molecule has 0 aliphatic heterocycles. The Bertz CT molecular complexity index is 590. The first kappa shape index (κ1) is 14.6. The molecule has 104 valence electrons. The number of hydrogen-bond acceptors (Lipinski definition) is 4. The minimum atomic E-state index is -0.384. The molecule has 1 heterocycles. The summed E-state index contributed by atoms with van der Waals surface area (Å²) in [6.45, 7) is 1.40. The second-order valence-electron chi connectivity index (χ2n) is 4.29. The van der Waals surface area contributed by atoms with Crippen molar-refractivity contribution in [2.24, 2.45) is 0 Å². The molecule has 2 rings (SSSR count). The summed E-state index contributed by atoms with van der Waals surface area (Å²) in [5.74, 6) is 0. The normalized spacial score (nSPS) is 10.4. The topological polar surface area (TPSA) is 68.1 Å². The summed E-state index contributed by atoms with van der Waals surface area (Å²) in [5, 5.41) is 14.1. The van der Waals surface area contributed by atoms with Gasteiger partial charge in [-0.25, -0.2) is 0 Å². The predicted molar refractivity (Wildman–Crippen MR) is 80.4 cm³/mol. The van der Waals surface area contributed by atoms with E-state index in [2.05, 4.69) is 26.2 Å². The maximum absolute atomic E-state index is 10.8. The van der Waals surface area contributed by atoms with Gasteiger partial charge in [0.1, 0.15) is 0 Å². The zero-order valence-electron chi connectivity index (χ0n) is 10.8. The number of nitrogens with one attached hydrogen (secondary N) is 1. The lowest BCUT2D eigenvalue weighted by Crippen LogP contribution is -2.17. The van der Waals surface area contributed by atoms with Gasteiger partial charge in [-0.2, -0.15) is 0 Å². The number of nitro groups is 1. The van der Waals surface area contributed by atoms with Gasteiger partial charge in [0.05, 0.1) is 9.40 Å². The zero-order chi connectivity index (χ0) is 14.4. The van der Waals surface area contributed by atoms with Crippen molar-refractivity contribution in [2.45, 2.75) is 13.0 Å². The third-order valence-corrected chi connectivity index (χ3v) is 3.83. The first-order valence-electron chi connectivity index (χ1n) is 6.20. The number of benzene rings is 1. The molecular weight excluding hydrogens is 322 g/mol. The number of nitrogens with zero attached hydrogens (tertiary/aromatic N) is 2. The highest BCUT2D eigenvalue weighted by Crippen LogP contribution is 2.27. The average molecular weight is 336 g/mol. The van der Waals surface area contributed by atoms with E-state index in [1.807, 2.05) is 18.2 Å². The van der Waals surface area contributed by atoms with Crippen molar-refractivity contribution in [3.8, 4) is 0 Å². The summed E-state index contributed by atoms with van der Waals surface area (Å²) in [6, 6.07) is 9.01. The van der Waals surface area contributed by atoms with Crippen molar-refractivity contribution in [3.05, 3.63) is 68.4 Å². The van der Waals surface area contributed by atoms with Crippen LogP contribution in [0, 0.1) is 10.1 Å². The minimum absolute atomic E-state index is 0.0958. The lowest BCUT2D eigenvalue weighted by Gasteiger charge is -2.07. The smallest absolute Gasteiger partial charge is 0.283 e. The number of aromatic nitrogens is 1. The van der Waals surface area contributed by atoms with Crippen molar-refractivity contribution >= 4 is 21.6 Å². The Morgan fingerprint density at radius 1 is 1.25 bits per heavy atom. The second-order valence-corrected chi connectivity index (χ2v) is 5.08. The van der Waals surface area contributed by atoms with Gasteiger partial charge >= 0.3 is 0 Å². The van der Waals surface area contributed by atoms with Crippen LogP contribution in [0.1, 0.15) is 11.1 Å². The van der Waals surface area contributed by atoms with Gasteiger partial charge in [-0.1, -0.05) is 12.1 Å². The van der Waals surface area contributed by atoms with Crippen LogP contribution in [0.25, 0.3) is 0 Å². The summed E-state index contributed by atoms with van der Waals surface area (Å²) in [6.07, 6.45) is 4.44. The Kier molecular flexibility index (Phi) is 5.20. The Balaban J connectivity index is 1.88. The number of halogens is 1. The Hall–Kier alpha value is -1.79. The van der Waals surface area contributed by atoms with Crippen LogP contribution in [-0.4, -0.2) is 16.5 Å². The van der Waals surface area contributed by atoms with Crippen molar-refractivity contribution in [1.29, 1.82) is 0 Å². The molecule has 0 aliphatic carbocycles. The molecule has 5 nitrogen and oxygen atoms in total. The van der Waals surface area contributed by atoms with Crippen LogP contribution in [0.2, 0.25) is 0 Å². The van der Waals surface area contributed by atoms with Gasteiger partial charge in [-0.15, -0.1) is 0 Å². The van der Waals surface area contributed by atoms with Crippen molar-refractivity contribution in [2.75, 3.05) is 6.54 Å². The number of rotatable bonds is 6. The highest BCUT2D eigenvalue weighted by atomic mass is 79.9. The maximum Gasteiger partial charge on any atom is 0.283 e. The zero-order valence-corrected chi connectivity index (χ0v) is 12.3. The number of nitro benzene ring substituents is 1. The van der Waals surface area contributed by atoms with Crippen molar-refractivity contribution in [3.63, 3.8) is 0 Å². The summed E-state index contributed by atoms with van der Waals surface area (Å²) >= 11 is 3.29. The standard InChI is InChI=1S/C14H14BrN3O2/c15-14-12(2-1-3-13(14)18(19)20)10-17-9-6-11-4-7-16-8-5-11/h1-5,7-8,17H,6,9-10H2. The summed E-state index contributed by atoms with van der Waals surface area (Å²) in [4.78, 5) is 14.4. The fourth-order valence-corrected chi connectivity index (χ4v) is 2.40. The van der Waals surface area contributed by atoms with E-state index in [1.54, 1.807) is 18.5 Å². The van der Waals surface area contributed by atoms with Gasteiger partial charge in [0.25, 0.3) is 5.69 Å². The molecule has 6 heteroatoms. The summed E-state index contributed by atoms with van der Waals surface area (Å²) < 4.78 is 0.543. The third-order valence-electron chi connectivity index (χ3n) is 2.91. The van der Waals surface area contributed by atoms with Crippen molar-refractivity contribution in [1.82, 2.24) is 10.3 Å². The predicted octanol–water partition coefficient (Wildman–Crippen LogP) is 3.08. The quantitative estimate of drug-likeness (QED) is 0.500. The molecule has 1 N–H and O–H groups in total. The molecule has 0 saturated heterocycles. The molecule has 0 fully saturated rings. The molecule has 1 aromatic heterocycles. The van der Waals surface area contributed by atoms with Crippen LogP contribution >= 0.6 is 15.9 Å². The van der Waals surface area contributed by atoms with Crippen LogP contribution in [0.15, 0.2) is 47.2 Å². The Morgan fingerprint density at radius 2 is 2.00 bits per heavy atom. The van der Waals surface area contributed by atoms with Crippen LogP contribution in [0.3, 0.4) is 0 Å². The number of hydrogen-bond donors (Lipinski definition) is 1. The maximum atomic E-state index is 10.8. The van der Waals surface area contributed by atoms with Crippen LogP contribution in [0.4, 0.5) is 5.69 Å². The molecule has 0 unspecified atom stereocenters. The van der Waals surface area contributed by atoms with Gasteiger partial charge in [0.2, 0.25) is 0 Å². The van der Waals surface area contributed by atoms with Crippen LogP contribution in [-0.2, 0) is 13.0 Å². The van der Waals surface area contributed by atoms with E-state index in [9.17, 15) is 10.1 Å². The lowest BCUT2D eigenvalue weighted by atomic mass is 10.2. The van der Waals surface area contributed by atoms with E-state index in [4.69, 9.17) is 0 Å². The van der Waals surface area contributed by atoms with Gasteiger partial charge in [0, 0.05) is 25.0 Å². The molecule has 0 atom stereocenters. The van der Waals surface area contributed by atoms with E-state index in [0.29, 0.717) is 11.0 Å². The highest BCUT2D eigenvalue weighted by Gasteiger charge is 2.14. The molecule has 0 saturated carbocycles. The molecule has 0 aliphatic rings. The van der Waals surface area contributed by atoms with Gasteiger partial charge in [-0.05, 0) is 52.2 Å². The van der Waals surface area contributed by atoms with Crippen molar-refractivity contribution < 1.29 is 4.92 Å². The van der Waals surface area contributed by atoms with Gasteiger partial charge in [-0.3, -0.25) is 15.1 Å². The SMILES string of the molecule is O=[N+]([O-])c1cccc(CNCCc2ccncc2)c1Br. The van der Waals surface area contributed by atoms with E-state index in [0.717, 1.165) is 18.5 Å². The molecule has 1 aromatic carbocycles. The van der Waals surface area contributed by atoms with E-state index in [1.165, 1.54) is 11.6 Å². The molecule has 0 amide bonds. The van der Waals surface area contributed by atoms with Gasteiger partial charge in [0.15, 0.2) is 0 Å². The Labute approximate surface area is 125 Å². The molecule has 0 radical (unpaired) electrons. The second kappa shape index (κ2) is 7.12. The number of pyridine rings is 1. The first-order chi connectivity index (χ1) is 9.68. The van der Waals surface area contributed by atoms with Crippen LogP contribution in [0.5, 0.6) is 0 Å². The molecule has 0 bridgehead atoms. The van der Waals surface area contributed by atoms with Crippen LogP contribution < -0.4 is 5.32 Å². The van der Waals surface area contributed by atoms with E-state index in [-0.39, 0.29) is 10.6 Å². The van der Waals surface area contributed by atoms with E-state index < -0.39 is 0 Å².